The van der Waals surface area contributed by atoms with Crippen LogP contribution < -0.4 is 9.62 Å². The number of sulfonamides is 1. The van der Waals surface area contributed by atoms with Crippen LogP contribution in [-0.4, -0.2) is 40.0 Å². The molecule has 1 unspecified atom stereocenters. The molecule has 0 radical (unpaired) electrons. The molecular formula is C21H25ClN2O5S. The largest absolute Gasteiger partial charge is 0.452 e. The third-order valence-electron chi connectivity index (χ3n) is 4.40. The quantitative estimate of drug-likeness (QED) is 0.586. The summed E-state index contributed by atoms with van der Waals surface area (Å²) in [6.07, 6.45) is 1.72. The van der Waals surface area contributed by atoms with Gasteiger partial charge in [-0.05, 0) is 43.7 Å². The lowest BCUT2D eigenvalue weighted by atomic mass is 10.2. The molecular weight excluding hydrogens is 428 g/mol. The standard InChI is InChI=1S/C21H25ClN2O5S/c1-4-8-15(2)23-20(25)14-29-21(26)18-13-17(11-12-19(18)22)30(27,28)24(3)16-9-6-5-7-10-16/h5-7,9-13,15H,4,8,14H2,1-3H3,(H,23,25). The fourth-order valence-electron chi connectivity index (χ4n) is 2.79. The minimum absolute atomic E-state index is 0.0288. The molecule has 0 spiro atoms. The molecule has 0 aliphatic rings. The van der Waals surface area contributed by atoms with Crippen LogP contribution in [0.4, 0.5) is 5.69 Å². The van der Waals surface area contributed by atoms with Gasteiger partial charge in [-0.1, -0.05) is 43.1 Å². The van der Waals surface area contributed by atoms with Gasteiger partial charge < -0.3 is 10.1 Å². The van der Waals surface area contributed by atoms with Gasteiger partial charge in [0.25, 0.3) is 15.9 Å². The lowest BCUT2D eigenvalue weighted by Gasteiger charge is -2.20. The van der Waals surface area contributed by atoms with E-state index in [1.54, 1.807) is 30.3 Å². The van der Waals surface area contributed by atoms with Gasteiger partial charge in [-0.15, -0.1) is 0 Å². The number of nitrogens with one attached hydrogen (secondary N) is 1. The summed E-state index contributed by atoms with van der Waals surface area (Å²) < 4.78 is 32.0. The van der Waals surface area contributed by atoms with Gasteiger partial charge in [0.1, 0.15) is 0 Å². The lowest BCUT2D eigenvalue weighted by Crippen LogP contribution is -2.35. The van der Waals surface area contributed by atoms with Gasteiger partial charge in [0, 0.05) is 13.1 Å². The van der Waals surface area contributed by atoms with Gasteiger partial charge in [-0.2, -0.15) is 0 Å². The van der Waals surface area contributed by atoms with Crippen LogP contribution in [0.2, 0.25) is 5.02 Å². The monoisotopic (exact) mass is 452 g/mol. The van der Waals surface area contributed by atoms with Crippen LogP contribution in [-0.2, 0) is 19.6 Å². The van der Waals surface area contributed by atoms with Crippen molar-refractivity contribution < 1.29 is 22.7 Å². The van der Waals surface area contributed by atoms with E-state index in [0.717, 1.165) is 23.2 Å². The van der Waals surface area contributed by atoms with Gasteiger partial charge in [0.2, 0.25) is 0 Å². The predicted octanol–water partition coefficient (Wildman–Crippen LogP) is 3.63. The van der Waals surface area contributed by atoms with Crippen molar-refractivity contribution in [2.24, 2.45) is 0 Å². The molecule has 2 rings (SSSR count). The summed E-state index contributed by atoms with van der Waals surface area (Å²) in [5.41, 5.74) is 0.336. The number of nitrogens with zero attached hydrogens (tertiary/aromatic N) is 1. The number of rotatable bonds is 9. The average molecular weight is 453 g/mol. The highest BCUT2D eigenvalue weighted by molar-refractivity contribution is 7.92. The molecule has 0 heterocycles. The predicted molar refractivity (Wildman–Crippen MR) is 116 cm³/mol. The Labute approximate surface area is 182 Å². The Morgan fingerprint density at radius 2 is 1.83 bits per heavy atom. The molecule has 1 amide bonds. The number of carbonyl (C=O) groups excluding carboxylic acids is 2. The summed E-state index contributed by atoms with van der Waals surface area (Å²) in [5.74, 6) is -1.31. The molecule has 0 fully saturated rings. The molecule has 2 aromatic rings. The van der Waals surface area contributed by atoms with Crippen molar-refractivity contribution >= 4 is 39.2 Å². The van der Waals surface area contributed by atoms with Crippen LogP contribution in [0.3, 0.4) is 0 Å². The molecule has 0 aliphatic heterocycles. The number of amides is 1. The first-order valence-corrected chi connectivity index (χ1v) is 11.3. The fraction of sp³-hybridized carbons (Fsp3) is 0.333. The Bertz CT molecular complexity index is 996. The highest BCUT2D eigenvalue weighted by Gasteiger charge is 2.24. The second-order valence-electron chi connectivity index (χ2n) is 6.78. The lowest BCUT2D eigenvalue weighted by molar-refractivity contribution is -0.124. The van der Waals surface area contributed by atoms with Crippen LogP contribution >= 0.6 is 11.6 Å². The van der Waals surface area contributed by atoms with Crippen molar-refractivity contribution in [3.63, 3.8) is 0 Å². The SMILES string of the molecule is CCCC(C)NC(=O)COC(=O)c1cc(S(=O)(=O)N(C)c2ccccc2)ccc1Cl. The Balaban J connectivity index is 2.16. The van der Waals surface area contributed by atoms with E-state index in [9.17, 15) is 18.0 Å². The van der Waals surface area contributed by atoms with Gasteiger partial charge in [0.05, 0.1) is 21.2 Å². The van der Waals surface area contributed by atoms with E-state index in [2.05, 4.69) is 5.32 Å². The van der Waals surface area contributed by atoms with Gasteiger partial charge >= 0.3 is 5.97 Å². The van der Waals surface area contributed by atoms with Crippen molar-refractivity contribution in [1.82, 2.24) is 5.32 Å². The van der Waals surface area contributed by atoms with Crippen molar-refractivity contribution in [3.05, 3.63) is 59.1 Å². The van der Waals surface area contributed by atoms with E-state index in [0.29, 0.717) is 5.69 Å². The number of para-hydroxylation sites is 1. The minimum Gasteiger partial charge on any atom is -0.452 e. The summed E-state index contributed by atoms with van der Waals surface area (Å²) in [5, 5.41) is 2.75. The number of anilines is 1. The van der Waals surface area contributed by atoms with E-state index in [1.165, 1.54) is 19.2 Å². The summed E-state index contributed by atoms with van der Waals surface area (Å²) in [6.45, 7) is 3.38. The zero-order chi connectivity index (χ0) is 22.3. The maximum atomic E-state index is 12.9. The van der Waals surface area contributed by atoms with E-state index in [1.807, 2.05) is 13.8 Å². The number of carbonyl (C=O) groups is 2. The van der Waals surface area contributed by atoms with Crippen LogP contribution in [0, 0.1) is 0 Å². The molecule has 0 saturated carbocycles. The molecule has 0 bridgehead atoms. The number of esters is 1. The Hall–Kier alpha value is -2.58. The van der Waals surface area contributed by atoms with E-state index < -0.39 is 28.5 Å². The van der Waals surface area contributed by atoms with Crippen LogP contribution in [0.5, 0.6) is 0 Å². The third kappa shape index (κ3) is 5.96. The smallest absolute Gasteiger partial charge is 0.340 e. The van der Waals surface area contributed by atoms with Gasteiger partial charge in [0.15, 0.2) is 6.61 Å². The summed E-state index contributed by atoms with van der Waals surface area (Å²) in [4.78, 5) is 24.2. The molecule has 162 valence electrons. The number of benzene rings is 2. The molecule has 2 aromatic carbocycles. The zero-order valence-electron chi connectivity index (χ0n) is 17.1. The second kappa shape index (κ2) is 10.4. The van der Waals surface area contributed by atoms with Gasteiger partial charge in [-0.3, -0.25) is 9.10 Å². The Morgan fingerprint density at radius 3 is 2.47 bits per heavy atom. The highest BCUT2D eigenvalue weighted by atomic mass is 35.5. The maximum absolute atomic E-state index is 12.9. The first-order valence-electron chi connectivity index (χ1n) is 9.46. The molecule has 9 heteroatoms. The normalized spacial score (nSPS) is 12.1. The molecule has 7 nitrogen and oxygen atoms in total. The highest BCUT2D eigenvalue weighted by Crippen LogP contribution is 2.26. The minimum atomic E-state index is -3.93. The molecule has 0 saturated heterocycles. The number of hydrogen-bond acceptors (Lipinski definition) is 5. The molecule has 0 aromatic heterocycles. The van der Waals surface area contributed by atoms with Crippen LogP contribution in [0.1, 0.15) is 37.0 Å². The molecule has 30 heavy (non-hydrogen) atoms. The van der Waals surface area contributed by atoms with Gasteiger partial charge in [-0.25, -0.2) is 13.2 Å². The van der Waals surface area contributed by atoms with E-state index in [4.69, 9.17) is 16.3 Å². The Kier molecular flexibility index (Phi) is 8.25. The molecule has 1 N–H and O–H groups in total. The van der Waals surface area contributed by atoms with Crippen LogP contribution in [0.15, 0.2) is 53.4 Å². The number of halogens is 1. The average Bonchev–Trinajstić information content (AvgIpc) is 2.72. The number of ether oxygens (including phenoxy) is 1. The van der Waals surface area contributed by atoms with Crippen molar-refractivity contribution in [1.29, 1.82) is 0 Å². The van der Waals surface area contributed by atoms with Crippen molar-refractivity contribution in [2.45, 2.75) is 37.6 Å². The first kappa shape index (κ1) is 23.7. The fourth-order valence-corrected chi connectivity index (χ4v) is 4.20. The third-order valence-corrected chi connectivity index (χ3v) is 6.51. The number of hydrogen-bond donors (Lipinski definition) is 1. The molecule has 1 atom stereocenters. The van der Waals surface area contributed by atoms with Crippen molar-refractivity contribution in [2.75, 3.05) is 18.0 Å². The van der Waals surface area contributed by atoms with E-state index in [-0.39, 0.29) is 21.5 Å². The van der Waals surface area contributed by atoms with Crippen LogP contribution in [0.25, 0.3) is 0 Å². The summed E-state index contributed by atoms with van der Waals surface area (Å²) in [6, 6.07) is 12.3. The van der Waals surface area contributed by atoms with E-state index >= 15 is 0 Å². The summed E-state index contributed by atoms with van der Waals surface area (Å²) >= 11 is 6.07. The molecule has 0 aliphatic carbocycles. The first-order chi connectivity index (χ1) is 14.2. The Morgan fingerprint density at radius 1 is 1.17 bits per heavy atom. The maximum Gasteiger partial charge on any atom is 0.340 e. The second-order valence-corrected chi connectivity index (χ2v) is 9.16. The summed E-state index contributed by atoms with van der Waals surface area (Å²) in [7, 11) is -2.51. The zero-order valence-corrected chi connectivity index (χ0v) is 18.7. The topological polar surface area (TPSA) is 92.8 Å². The van der Waals surface area contributed by atoms with Crippen molar-refractivity contribution in [3.8, 4) is 0 Å².